The molecule has 0 atom stereocenters. The second-order valence-corrected chi connectivity index (χ2v) is 3.07. The van der Waals surface area contributed by atoms with E-state index in [1.165, 1.54) is 0 Å². The van der Waals surface area contributed by atoms with Crippen molar-refractivity contribution in [2.75, 3.05) is 32.7 Å². The lowest BCUT2D eigenvalue weighted by Gasteiger charge is -2.16. The predicted molar refractivity (Wildman–Crippen MR) is 55.8 cm³/mol. The lowest BCUT2D eigenvalue weighted by molar-refractivity contribution is -0.519. The standard InChI is InChI=1S/C10H22N3/c1-4-12(5-2)8-7-9-13(6-3)10-11/h11H,4-9H2,1-3H3/q+1. The van der Waals surface area contributed by atoms with Crippen LogP contribution in [0.5, 0.6) is 0 Å². The Morgan fingerprint density at radius 2 is 1.85 bits per heavy atom. The van der Waals surface area contributed by atoms with Gasteiger partial charge in [-0.05, 0) is 26.4 Å². The van der Waals surface area contributed by atoms with Gasteiger partial charge in [0.1, 0.15) is 0 Å². The minimum Gasteiger partial charge on any atom is -0.304 e. The summed E-state index contributed by atoms with van der Waals surface area (Å²) >= 11 is 0. The third kappa shape index (κ3) is 5.56. The summed E-state index contributed by atoms with van der Waals surface area (Å²) in [6, 6.07) is 2.43. The summed E-state index contributed by atoms with van der Waals surface area (Å²) in [4.78, 5) is 2.40. The summed E-state index contributed by atoms with van der Waals surface area (Å²) < 4.78 is 1.91. The highest BCUT2D eigenvalue weighted by Gasteiger charge is 2.00. The average molecular weight is 184 g/mol. The molecule has 3 heteroatoms. The molecule has 13 heavy (non-hydrogen) atoms. The zero-order valence-corrected chi connectivity index (χ0v) is 9.14. The maximum Gasteiger partial charge on any atom is 0.303 e. The molecule has 0 aliphatic carbocycles. The molecule has 0 aromatic heterocycles. The molecule has 0 radical (unpaired) electrons. The molecule has 76 valence electrons. The van der Waals surface area contributed by atoms with E-state index < -0.39 is 0 Å². The molecule has 0 saturated heterocycles. The van der Waals surface area contributed by atoms with Gasteiger partial charge in [-0.3, -0.25) is 0 Å². The molecular formula is C10H22N3+. The summed E-state index contributed by atoms with van der Waals surface area (Å²) in [6.45, 7) is 11.6. The molecule has 0 fully saturated rings. The fraction of sp³-hybridized carbons (Fsp3) is 0.900. The van der Waals surface area contributed by atoms with Crippen LogP contribution in [0.2, 0.25) is 0 Å². The quantitative estimate of drug-likeness (QED) is 0.472. The third-order valence-electron chi connectivity index (χ3n) is 2.34. The van der Waals surface area contributed by atoms with Crippen LogP contribution in [0.1, 0.15) is 27.2 Å². The van der Waals surface area contributed by atoms with Crippen LogP contribution in [0.3, 0.4) is 0 Å². The van der Waals surface area contributed by atoms with Crippen molar-refractivity contribution in [3.8, 4) is 0 Å². The number of rotatable bonds is 7. The molecule has 0 aliphatic heterocycles. The molecule has 0 aromatic carbocycles. The molecule has 0 aliphatic rings. The average Bonchev–Trinajstić information content (AvgIpc) is 2.19. The first kappa shape index (κ1) is 12.3. The van der Waals surface area contributed by atoms with E-state index in [1.807, 2.05) is 4.58 Å². The summed E-state index contributed by atoms with van der Waals surface area (Å²) in [7, 11) is 0. The van der Waals surface area contributed by atoms with Crippen LogP contribution in [0.15, 0.2) is 0 Å². The second-order valence-electron chi connectivity index (χ2n) is 3.07. The highest BCUT2D eigenvalue weighted by molar-refractivity contribution is 5.27. The van der Waals surface area contributed by atoms with Crippen molar-refractivity contribution in [3.63, 3.8) is 0 Å². The first-order valence-corrected chi connectivity index (χ1v) is 5.18. The molecule has 0 spiro atoms. The van der Waals surface area contributed by atoms with E-state index in [0.29, 0.717) is 0 Å². The zero-order chi connectivity index (χ0) is 10.1. The first-order valence-electron chi connectivity index (χ1n) is 5.18. The summed E-state index contributed by atoms with van der Waals surface area (Å²) in [5.74, 6) is 0. The monoisotopic (exact) mass is 184 g/mol. The fourth-order valence-electron chi connectivity index (χ4n) is 1.32. The Balaban J connectivity index is 3.59. The van der Waals surface area contributed by atoms with Gasteiger partial charge in [0.05, 0.1) is 13.1 Å². The Labute approximate surface area is 81.6 Å². The van der Waals surface area contributed by atoms with Gasteiger partial charge in [-0.25, -0.2) is 4.58 Å². The van der Waals surface area contributed by atoms with E-state index in [0.717, 1.165) is 39.1 Å². The minimum atomic E-state index is 0.891. The van der Waals surface area contributed by atoms with Crippen molar-refractivity contribution >= 4 is 6.01 Å². The van der Waals surface area contributed by atoms with Gasteiger partial charge in [0.2, 0.25) is 0 Å². The molecular weight excluding hydrogens is 162 g/mol. The Bertz CT molecular complexity index is 167. The second kappa shape index (κ2) is 7.96. The third-order valence-corrected chi connectivity index (χ3v) is 2.34. The maximum absolute atomic E-state index is 7.00. The van der Waals surface area contributed by atoms with Crippen LogP contribution in [-0.4, -0.2) is 48.2 Å². The lowest BCUT2D eigenvalue weighted by atomic mass is 10.3. The maximum atomic E-state index is 7.00. The van der Waals surface area contributed by atoms with E-state index in [2.05, 4.69) is 31.7 Å². The van der Waals surface area contributed by atoms with Crippen LogP contribution >= 0.6 is 0 Å². The van der Waals surface area contributed by atoms with Crippen molar-refractivity contribution in [1.29, 1.82) is 5.41 Å². The molecule has 1 N–H and O–H groups in total. The van der Waals surface area contributed by atoms with Gasteiger partial charge in [-0.15, -0.1) is 0 Å². The Morgan fingerprint density at radius 3 is 2.23 bits per heavy atom. The molecule has 0 heterocycles. The van der Waals surface area contributed by atoms with Crippen molar-refractivity contribution in [3.05, 3.63) is 0 Å². The molecule has 0 bridgehead atoms. The van der Waals surface area contributed by atoms with E-state index in [1.54, 1.807) is 0 Å². The highest BCUT2D eigenvalue weighted by Crippen LogP contribution is 1.90. The van der Waals surface area contributed by atoms with Crippen molar-refractivity contribution in [1.82, 2.24) is 4.90 Å². The van der Waals surface area contributed by atoms with E-state index in [9.17, 15) is 0 Å². The van der Waals surface area contributed by atoms with Crippen molar-refractivity contribution < 1.29 is 4.58 Å². The topological polar surface area (TPSA) is 30.1 Å². The SMILES string of the molecule is CCN(CC)CCC[N+](=C=N)CC. The van der Waals surface area contributed by atoms with Gasteiger partial charge < -0.3 is 4.90 Å². The minimum absolute atomic E-state index is 0.891. The molecule has 0 rings (SSSR count). The predicted octanol–water partition coefficient (Wildman–Crippen LogP) is 1.50. The van der Waals surface area contributed by atoms with E-state index in [-0.39, 0.29) is 0 Å². The van der Waals surface area contributed by atoms with Crippen molar-refractivity contribution in [2.45, 2.75) is 27.2 Å². The van der Waals surface area contributed by atoms with Gasteiger partial charge in [0.25, 0.3) is 0 Å². The number of nitrogens with zero attached hydrogens (tertiary/aromatic N) is 2. The number of hydrogen-bond donors (Lipinski definition) is 1. The largest absolute Gasteiger partial charge is 0.304 e. The van der Waals surface area contributed by atoms with Crippen LogP contribution in [0.25, 0.3) is 0 Å². The van der Waals surface area contributed by atoms with Crippen LogP contribution < -0.4 is 0 Å². The highest BCUT2D eigenvalue weighted by atomic mass is 15.1. The Hall–Kier alpha value is -0.660. The Kier molecular flexibility index (Phi) is 7.56. The zero-order valence-electron chi connectivity index (χ0n) is 9.14. The molecule has 0 unspecified atom stereocenters. The summed E-state index contributed by atoms with van der Waals surface area (Å²) in [5, 5.41) is 7.00. The van der Waals surface area contributed by atoms with Crippen LogP contribution in [-0.2, 0) is 0 Å². The fourth-order valence-corrected chi connectivity index (χ4v) is 1.32. The first-order chi connectivity index (χ1) is 6.28. The lowest BCUT2D eigenvalue weighted by Crippen LogP contribution is -2.26. The van der Waals surface area contributed by atoms with E-state index >= 15 is 0 Å². The van der Waals surface area contributed by atoms with Gasteiger partial charge in [0.15, 0.2) is 0 Å². The smallest absolute Gasteiger partial charge is 0.303 e. The summed E-state index contributed by atoms with van der Waals surface area (Å²) in [5.41, 5.74) is 0. The molecule has 3 nitrogen and oxygen atoms in total. The van der Waals surface area contributed by atoms with E-state index in [4.69, 9.17) is 5.41 Å². The van der Waals surface area contributed by atoms with Gasteiger partial charge in [-0.1, -0.05) is 19.3 Å². The van der Waals surface area contributed by atoms with Crippen molar-refractivity contribution in [2.24, 2.45) is 0 Å². The van der Waals surface area contributed by atoms with Crippen LogP contribution in [0.4, 0.5) is 0 Å². The summed E-state index contributed by atoms with van der Waals surface area (Å²) in [6.07, 6.45) is 1.13. The number of hydrogen-bond acceptors (Lipinski definition) is 2. The molecule has 0 amide bonds. The number of nitrogens with one attached hydrogen (secondary N) is 1. The Morgan fingerprint density at radius 1 is 1.23 bits per heavy atom. The van der Waals surface area contributed by atoms with Gasteiger partial charge in [0, 0.05) is 6.54 Å². The van der Waals surface area contributed by atoms with Gasteiger partial charge >= 0.3 is 6.01 Å². The van der Waals surface area contributed by atoms with Crippen LogP contribution in [0, 0.1) is 5.41 Å². The van der Waals surface area contributed by atoms with Gasteiger partial charge in [-0.2, -0.15) is 0 Å². The molecule has 0 saturated carbocycles. The normalized spacial score (nSPS) is 10.2. The molecule has 0 aromatic rings.